The number of methoxy groups -OCH3 is 1. The molecular weight excluding hydrogens is 479 g/mol. The summed E-state index contributed by atoms with van der Waals surface area (Å²) in [5.41, 5.74) is 5.67. The van der Waals surface area contributed by atoms with Crippen molar-refractivity contribution < 1.29 is 9.84 Å². The molecule has 0 aliphatic rings. The summed E-state index contributed by atoms with van der Waals surface area (Å²) in [7, 11) is 1.67. The van der Waals surface area contributed by atoms with Gasteiger partial charge in [-0.2, -0.15) is 5.10 Å². The molecule has 1 heterocycles. The van der Waals surface area contributed by atoms with Gasteiger partial charge >= 0.3 is 0 Å². The summed E-state index contributed by atoms with van der Waals surface area (Å²) < 4.78 is 7.33. The van der Waals surface area contributed by atoms with Gasteiger partial charge in [0.2, 0.25) is 0 Å². The zero-order chi connectivity index (χ0) is 24.5. The van der Waals surface area contributed by atoms with Gasteiger partial charge in [0.25, 0.3) is 0 Å². The molecule has 4 nitrogen and oxygen atoms in total. The minimum absolute atomic E-state index is 0.0189. The first kappa shape index (κ1) is 23.4. The highest BCUT2D eigenvalue weighted by Crippen LogP contribution is 2.37. The van der Waals surface area contributed by atoms with Crippen LogP contribution in [0.15, 0.2) is 85.1 Å². The van der Waals surface area contributed by atoms with E-state index >= 15 is 0 Å². The molecule has 0 fully saturated rings. The van der Waals surface area contributed by atoms with E-state index in [-0.39, 0.29) is 12.6 Å². The second-order valence-corrected chi connectivity index (χ2v) is 9.41. The Labute approximate surface area is 214 Å². The van der Waals surface area contributed by atoms with Crippen LogP contribution in [-0.4, -0.2) is 22.0 Å². The zero-order valence-corrected chi connectivity index (χ0v) is 20.9. The van der Waals surface area contributed by atoms with Gasteiger partial charge in [-0.05, 0) is 70.8 Å². The molecule has 0 saturated heterocycles. The van der Waals surface area contributed by atoms with Gasteiger partial charge in [0.05, 0.1) is 19.8 Å². The third-order valence-electron chi connectivity index (χ3n) is 6.27. The van der Waals surface area contributed by atoms with Gasteiger partial charge < -0.3 is 9.84 Å². The molecule has 6 heteroatoms. The number of fused-ring (bicyclic) bond motifs is 1. The maximum absolute atomic E-state index is 9.38. The van der Waals surface area contributed by atoms with E-state index in [0.29, 0.717) is 10.0 Å². The SMILES string of the molecule is COc1ccc2cc(-c3cn([C@@H](C)c4ccc(CO)cc4)nc3-c3cc(Cl)cc(Cl)c3)ccc2c1. The highest BCUT2D eigenvalue weighted by molar-refractivity contribution is 6.35. The highest BCUT2D eigenvalue weighted by Gasteiger charge is 2.18. The number of ether oxygens (including phenoxy) is 1. The predicted molar refractivity (Wildman–Crippen MR) is 143 cm³/mol. The Hall–Kier alpha value is -3.31. The smallest absolute Gasteiger partial charge is 0.119 e. The maximum atomic E-state index is 9.38. The minimum atomic E-state index is -0.0189. The standard InChI is InChI=1S/C29H24Cl2N2O2/c1-18(20-5-3-19(17-34)4-6-20)33-16-28(29(32-33)24-12-25(30)15-26(31)13-24)23-8-7-22-14-27(35-2)10-9-21(22)11-23/h3-16,18,34H,17H2,1-2H3/t18-/m0/s1. The van der Waals surface area contributed by atoms with Crippen LogP contribution in [0.1, 0.15) is 24.1 Å². The quantitative estimate of drug-likeness (QED) is 0.257. The Morgan fingerprint density at radius 2 is 1.54 bits per heavy atom. The number of halogens is 2. The molecular formula is C29H24Cl2N2O2. The molecule has 0 aliphatic carbocycles. The van der Waals surface area contributed by atoms with Crippen molar-refractivity contribution in [1.29, 1.82) is 0 Å². The average Bonchev–Trinajstić information content (AvgIpc) is 3.33. The van der Waals surface area contributed by atoms with Crippen molar-refractivity contribution in [3.05, 3.63) is 106 Å². The van der Waals surface area contributed by atoms with Crippen molar-refractivity contribution in [3.63, 3.8) is 0 Å². The lowest BCUT2D eigenvalue weighted by Gasteiger charge is -2.13. The summed E-state index contributed by atoms with van der Waals surface area (Å²) >= 11 is 12.7. The van der Waals surface area contributed by atoms with Gasteiger partial charge in [-0.15, -0.1) is 0 Å². The van der Waals surface area contributed by atoms with Crippen LogP contribution in [0.2, 0.25) is 10.0 Å². The Morgan fingerprint density at radius 3 is 2.23 bits per heavy atom. The van der Waals surface area contributed by atoms with E-state index in [2.05, 4.69) is 37.4 Å². The van der Waals surface area contributed by atoms with E-state index in [9.17, 15) is 5.11 Å². The molecule has 0 amide bonds. The van der Waals surface area contributed by atoms with Crippen molar-refractivity contribution in [1.82, 2.24) is 9.78 Å². The fraction of sp³-hybridized carbons (Fsp3) is 0.138. The number of hydrogen-bond donors (Lipinski definition) is 1. The molecule has 176 valence electrons. The van der Waals surface area contributed by atoms with Crippen molar-refractivity contribution in [2.75, 3.05) is 7.11 Å². The van der Waals surface area contributed by atoms with Gasteiger partial charge in [-0.1, -0.05) is 65.7 Å². The Morgan fingerprint density at radius 1 is 0.857 bits per heavy atom. The molecule has 0 saturated carbocycles. The number of hydrogen-bond acceptors (Lipinski definition) is 3. The van der Waals surface area contributed by atoms with Crippen LogP contribution in [0, 0.1) is 0 Å². The number of aliphatic hydroxyl groups excluding tert-OH is 1. The summed E-state index contributed by atoms with van der Waals surface area (Å²) in [6.07, 6.45) is 2.07. The molecule has 0 bridgehead atoms. The van der Waals surface area contributed by atoms with Gasteiger partial charge in [0.15, 0.2) is 0 Å². The zero-order valence-electron chi connectivity index (χ0n) is 19.4. The summed E-state index contributed by atoms with van der Waals surface area (Å²) in [5, 5.41) is 17.7. The highest BCUT2D eigenvalue weighted by atomic mass is 35.5. The van der Waals surface area contributed by atoms with Gasteiger partial charge in [0.1, 0.15) is 11.4 Å². The molecule has 35 heavy (non-hydrogen) atoms. The summed E-state index contributed by atoms with van der Waals surface area (Å²) in [6.45, 7) is 2.13. The first-order valence-corrected chi connectivity index (χ1v) is 12.0. The van der Waals surface area contributed by atoms with Crippen molar-refractivity contribution in [2.24, 2.45) is 0 Å². The lowest BCUT2D eigenvalue weighted by atomic mass is 9.99. The van der Waals surface area contributed by atoms with E-state index in [1.165, 1.54) is 0 Å². The van der Waals surface area contributed by atoms with Crippen LogP contribution in [0.25, 0.3) is 33.2 Å². The molecule has 1 aromatic heterocycles. The van der Waals surface area contributed by atoms with Crippen LogP contribution in [0.4, 0.5) is 0 Å². The topological polar surface area (TPSA) is 47.3 Å². The number of rotatable bonds is 6. The molecule has 0 spiro atoms. The van der Waals surface area contributed by atoms with Gasteiger partial charge in [-0.3, -0.25) is 4.68 Å². The third kappa shape index (κ3) is 4.78. The molecule has 1 N–H and O–H groups in total. The van der Waals surface area contributed by atoms with Gasteiger partial charge in [0, 0.05) is 27.4 Å². The van der Waals surface area contributed by atoms with E-state index in [1.54, 1.807) is 13.2 Å². The van der Waals surface area contributed by atoms with Crippen LogP contribution >= 0.6 is 23.2 Å². The Bertz CT molecular complexity index is 1490. The lowest BCUT2D eigenvalue weighted by Crippen LogP contribution is -2.07. The number of aliphatic hydroxyl groups is 1. The van der Waals surface area contributed by atoms with E-state index < -0.39 is 0 Å². The molecule has 0 unspecified atom stereocenters. The fourth-order valence-corrected chi connectivity index (χ4v) is 4.80. The van der Waals surface area contributed by atoms with Crippen LogP contribution in [0.3, 0.4) is 0 Å². The summed E-state index contributed by atoms with van der Waals surface area (Å²) in [4.78, 5) is 0. The monoisotopic (exact) mass is 502 g/mol. The number of benzene rings is 4. The van der Waals surface area contributed by atoms with Crippen LogP contribution < -0.4 is 4.74 Å². The second kappa shape index (κ2) is 9.74. The minimum Gasteiger partial charge on any atom is -0.497 e. The lowest BCUT2D eigenvalue weighted by molar-refractivity contribution is 0.282. The van der Waals surface area contributed by atoms with Crippen LogP contribution in [-0.2, 0) is 6.61 Å². The first-order chi connectivity index (χ1) is 16.9. The van der Waals surface area contributed by atoms with E-state index in [4.69, 9.17) is 33.0 Å². The summed E-state index contributed by atoms with van der Waals surface area (Å²) in [6, 6.07) is 25.8. The molecule has 0 radical (unpaired) electrons. The third-order valence-corrected chi connectivity index (χ3v) is 6.70. The second-order valence-electron chi connectivity index (χ2n) is 8.53. The maximum Gasteiger partial charge on any atom is 0.119 e. The van der Waals surface area contributed by atoms with Crippen molar-refractivity contribution >= 4 is 34.0 Å². The normalized spacial score (nSPS) is 12.1. The average molecular weight is 503 g/mol. The molecule has 5 aromatic rings. The van der Waals surface area contributed by atoms with E-state index in [1.807, 2.05) is 53.2 Å². The predicted octanol–water partition coefficient (Wildman–Crippen LogP) is 7.79. The van der Waals surface area contributed by atoms with Crippen molar-refractivity contribution in [3.8, 4) is 28.1 Å². The fourth-order valence-electron chi connectivity index (χ4n) is 4.28. The molecule has 5 rings (SSSR count). The first-order valence-electron chi connectivity index (χ1n) is 11.3. The molecule has 0 aliphatic heterocycles. The molecule has 1 atom stereocenters. The Balaban J connectivity index is 1.64. The number of aromatic nitrogens is 2. The van der Waals surface area contributed by atoms with Gasteiger partial charge in [-0.25, -0.2) is 0 Å². The van der Waals surface area contributed by atoms with Crippen LogP contribution in [0.5, 0.6) is 5.75 Å². The molecule has 4 aromatic carbocycles. The number of nitrogens with zero attached hydrogens (tertiary/aromatic N) is 2. The largest absolute Gasteiger partial charge is 0.497 e. The summed E-state index contributed by atoms with van der Waals surface area (Å²) in [5.74, 6) is 0.827. The van der Waals surface area contributed by atoms with Crippen molar-refractivity contribution in [2.45, 2.75) is 19.6 Å². The Kier molecular flexibility index (Phi) is 6.52. The van der Waals surface area contributed by atoms with E-state index in [0.717, 1.165) is 50.0 Å².